The molecule has 0 bridgehead atoms. The van der Waals surface area contributed by atoms with Gasteiger partial charge in [0.1, 0.15) is 11.5 Å². The molecule has 4 nitrogen and oxygen atoms in total. The van der Waals surface area contributed by atoms with E-state index in [2.05, 4.69) is 35.0 Å². The van der Waals surface area contributed by atoms with E-state index in [1.54, 1.807) is 16.8 Å². The van der Waals surface area contributed by atoms with Gasteiger partial charge in [0.25, 0.3) is 5.91 Å². The third kappa shape index (κ3) is 3.91. The maximum Gasteiger partial charge on any atom is 0.254 e. The molecule has 6 heteroatoms. The number of nitrogens with zero attached hydrogens (tertiary/aromatic N) is 3. The molecule has 0 saturated heterocycles. The van der Waals surface area contributed by atoms with E-state index in [9.17, 15) is 9.18 Å². The van der Waals surface area contributed by atoms with Crippen molar-refractivity contribution in [3.63, 3.8) is 0 Å². The second-order valence-electron chi connectivity index (χ2n) is 9.12. The molecule has 5 aromatic rings. The lowest BCUT2D eigenvalue weighted by Crippen LogP contribution is -2.38. The summed E-state index contributed by atoms with van der Waals surface area (Å²) in [4.78, 5) is 15.8. The molecule has 1 atom stereocenters. The largest absolute Gasteiger partial charge is 0.332 e. The highest BCUT2D eigenvalue weighted by atomic mass is 79.9. The lowest BCUT2D eigenvalue weighted by Gasteiger charge is -2.35. The van der Waals surface area contributed by atoms with Gasteiger partial charge in [-0.25, -0.2) is 9.07 Å². The predicted octanol–water partition coefficient (Wildman–Crippen LogP) is 7.35. The van der Waals surface area contributed by atoms with E-state index in [0.717, 1.165) is 22.9 Å². The van der Waals surface area contributed by atoms with Gasteiger partial charge in [-0.05, 0) is 65.9 Å². The number of carbonyl (C=O) groups is 1. The highest BCUT2D eigenvalue weighted by Gasteiger charge is 2.29. The monoisotopic (exact) mass is 539 g/mol. The van der Waals surface area contributed by atoms with Crippen LogP contribution < -0.4 is 0 Å². The zero-order chi connectivity index (χ0) is 24.8. The molecule has 36 heavy (non-hydrogen) atoms. The van der Waals surface area contributed by atoms with Crippen LogP contribution in [0.15, 0.2) is 95.6 Å². The van der Waals surface area contributed by atoms with Crippen molar-refractivity contribution < 1.29 is 9.18 Å². The predicted molar refractivity (Wildman–Crippen MR) is 144 cm³/mol. The smallest absolute Gasteiger partial charge is 0.254 e. The quantitative estimate of drug-likeness (QED) is 0.240. The van der Waals surface area contributed by atoms with E-state index in [1.165, 1.54) is 17.2 Å². The summed E-state index contributed by atoms with van der Waals surface area (Å²) >= 11 is 3.31. The highest BCUT2D eigenvalue weighted by Crippen LogP contribution is 2.34. The van der Waals surface area contributed by atoms with Crippen LogP contribution in [0, 0.1) is 5.82 Å². The van der Waals surface area contributed by atoms with Crippen LogP contribution in [0.4, 0.5) is 4.39 Å². The second-order valence-corrected chi connectivity index (χ2v) is 10.0. The van der Waals surface area contributed by atoms with Crippen molar-refractivity contribution in [3.05, 3.63) is 118 Å². The summed E-state index contributed by atoms with van der Waals surface area (Å²) < 4.78 is 17.0. The van der Waals surface area contributed by atoms with Crippen LogP contribution in [0.5, 0.6) is 0 Å². The van der Waals surface area contributed by atoms with E-state index < -0.39 is 0 Å². The molecule has 1 aliphatic rings. The van der Waals surface area contributed by atoms with Crippen LogP contribution in [0.3, 0.4) is 0 Å². The molecule has 4 aromatic carbocycles. The Bertz CT molecular complexity index is 1610. The van der Waals surface area contributed by atoms with Crippen LogP contribution in [0.2, 0.25) is 0 Å². The molecule has 2 heterocycles. The Labute approximate surface area is 217 Å². The fourth-order valence-corrected chi connectivity index (χ4v) is 5.44. The van der Waals surface area contributed by atoms with Gasteiger partial charge in [0.05, 0.1) is 11.6 Å². The van der Waals surface area contributed by atoms with Gasteiger partial charge >= 0.3 is 0 Å². The summed E-state index contributed by atoms with van der Waals surface area (Å²) in [6.07, 6.45) is 2.66. The number of benzene rings is 4. The first kappa shape index (κ1) is 22.7. The van der Waals surface area contributed by atoms with Crippen molar-refractivity contribution in [2.24, 2.45) is 0 Å². The molecule has 0 N–H and O–H groups in total. The van der Waals surface area contributed by atoms with Gasteiger partial charge in [0.15, 0.2) is 0 Å². The Balaban J connectivity index is 1.48. The molecule has 0 saturated carbocycles. The molecule has 0 fully saturated rings. The van der Waals surface area contributed by atoms with Crippen LogP contribution in [0.25, 0.3) is 27.7 Å². The molecular weight excluding hydrogens is 517 g/mol. The van der Waals surface area contributed by atoms with Crippen molar-refractivity contribution in [1.82, 2.24) is 14.7 Å². The van der Waals surface area contributed by atoms with Gasteiger partial charge < -0.3 is 4.90 Å². The summed E-state index contributed by atoms with van der Waals surface area (Å²) in [5.41, 5.74) is 5.93. The summed E-state index contributed by atoms with van der Waals surface area (Å²) in [6.45, 7) is 2.74. The average molecular weight is 540 g/mol. The summed E-state index contributed by atoms with van der Waals surface area (Å²) in [6, 6.07) is 26.9. The molecule has 1 aliphatic heterocycles. The van der Waals surface area contributed by atoms with Crippen molar-refractivity contribution in [1.29, 1.82) is 0 Å². The van der Waals surface area contributed by atoms with Crippen LogP contribution >= 0.6 is 15.9 Å². The standard InChI is InChI=1S/C30H23BrFN3O/c1-19-24-10-6-5-9-21(24)13-14-34(19)30(36)22-15-25(20-7-3-2-4-8-20)26-18-35(33-28(26)16-22)29-12-11-23(31)17-27(29)32/h2-12,15-19H,13-14H2,1H3. The lowest BCUT2D eigenvalue weighted by atomic mass is 9.92. The summed E-state index contributed by atoms with van der Waals surface area (Å²) in [7, 11) is 0. The highest BCUT2D eigenvalue weighted by molar-refractivity contribution is 9.10. The van der Waals surface area contributed by atoms with Crippen LogP contribution in [-0.4, -0.2) is 27.1 Å². The minimum Gasteiger partial charge on any atom is -0.332 e. The topological polar surface area (TPSA) is 38.1 Å². The fraction of sp³-hybridized carbons (Fsp3) is 0.133. The van der Waals surface area contributed by atoms with E-state index in [4.69, 9.17) is 5.10 Å². The molecule has 1 aromatic heterocycles. The third-order valence-corrected chi connectivity index (χ3v) is 7.46. The molecule has 6 rings (SSSR count). The first-order chi connectivity index (χ1) is 17.5. The van der Waals surface area contributed by atoms with Gasteiger partial charge in [0, 0.05) is 28.2 Å². The average Bonchev–Trinajstić information content (AvgIpc) is 3.32. The number of fused-ring (bicyclic) bond motifs is 2. The summed E-state index contributed by atoms with van der Waals surface area (Å²) in [5, 5.41) is 5.55. The van der Waals surface area contributed by atoms with Crippen LogP contribution in [0.1, 0.15) is 34.5 Å². The Morgan fingerprint density at radius 2 is 1.78 bits per heavy atom. The minimum atomic E-state index is -0.379. The number of hydrogen-bond donors (Lipinski definition) is 0. The minimum absolute atomic E-state index is 0.0206. The molecule has 1 amide bonds. The maximum absolute atomic E-state index is 14.8. The molecule has 0 spiro atoms. The lowest BCUT2D eigenvalue weighted by molar-refractivity contribution is 0.0678. The van der Waals surface area contributed by atoms with Gasteiger partial charge in [0.2, 0.25) is 0 Å². The van der Waals surface area contributed by atoms with E-state index in [0.29, 0.717) is 27.8 Å². The van der Waals surface area contributed by atoms with Crippen molar-refractivity contribution in [3.8, 4) is 16.8 Å². The molecule has 0 radical (unpaired) electrons. The van der Waals surface area contributed by atoms with Crippen molar-refractivity contribution >= 4 is 32.7 Å². The fourth-order valence-electron chi connectivity index (χ4n) is 5.11. The number of hydrogen-bond acceptors (Lipinski definition) is 2. The van der Waals surface area contributed by atoms with Gasteiger partial charge in [-0.2, -0.15) is 5.10 Å². The van der Waals surface area contributed by atoms with Crippen LogP contribution in [-0.2, 0) is 6.42 Å². The molecule has 0 aliphatic carbocycles. The van der Waals surface area contributed by atoms with E-state index in [-0.39, 0.29) is 17.8 Å². The number of amides is 1. The zero-order valence-corrected chi connectivity index (χ0v) is 21.2. The molecular formula is C30H23BrFN3O. The summed E-state index contributed by atoms with van der Waals surface area (Å²) in [5.74, 6) is -0.406. The Morgan fingerprint density at radius 3 is 2.58 bits per heavy atom. The molecule has 178 valence electrons. The Hall–Kier alpha value is -3.77. The maximum atomic E-state index is 14.8. The SMILES string of the molecule is CC1c2ccccc2CCN1C(=O)c1cc(-c2ccccc2)c2cn(-c3ccc(Br)cc3F)nc2c1. The first-order valence-corrected chi connectivity index (χ1v) is 12.7. The van der Waals surface area contributed by atoms with Crippen molar-refractivity contribution in [2.45, 2.75) is 19.4 Å². The molecule has 1 unspecified atom stereocenters. The Kier molecular flexibility index (Phi) is 5.69. The third-order valence-electron chi connectivity index (χ3n) is 6.97. The van der Waals surface area contributed by atoms with Gasteiger partial charge in [-0.15, -0.1) is 0 Å². The number of carbonyl (C=O) groups excluding carboxylic acids is 1. The van der Waals surface area contributed by atoms with Crippen molar-refractivity contribution in [2.75, 3.05) is 6.54 Å². The second kappa shape index (κ2) is 9.03. The van der Waals surface area contributed by atoms with E-state index in [1.807, 2.05) is 65.7 Å². The number of rotatable bonds is 3. The normalized spacial score (nSPS) is 15.2. The zero-order valence-electron chi connectivity index (χ0n) is 19.7. The first-order valence-electron chi connectivity index (χ1n) is 11.9. The number of halogens is 2. The van der Waals surface area contributed by atoms with E-state index >= 15 is 0 Å². The van der Waals surface area contributed by atoms with Gasteiger partial charge in [-0.3, -0.25) is 4.79 Å². The number of aromatic nitrogens is 2. The Morgan fingerprint density at radius 1 is 1.00 bits per heavy atom. The van der Waals surface area contributed by atoms with Gasteiger partial charge in [-0.1, -0.05) is 70.5 Å².